The minimum absolute atomic E-state index is 0.0360. The second-order valence-electron chi connectivity index (χ2n) is 12.8. The van der Waals surface area contributed by atoms with Crippen molar-refractivity contribution in [3.05, 3.63) is 0 Å². The SMILES string of the molecule is C[C@H](CCC(C)(C)O)[C@H]1CCC2C3CC[C@H]4C[C@@](O)(C(F)(F)F)CC[C@@H]4C3CC[C@@]21C. The Hall–Kier alpha value is -0.290. The molecule has 3 unspecified atom stereocenters. The van der Waals surface area contributed by atoms with Crippen molar-refractivity contribution in [3.8, 4) is 0 Å². The number of hydrogen-bond acceptors (Lipinski definition) is 2. The molecule has 4 saturated carbocycles. The Labute approximate surface area is 186 Å². The fourth-order valence-corrected chi connectivity index (χ4v) is 8.89. The van der Waals surface area contributed by atoms with Crippen molar-refractivity contribution >= 4 is 0 Å². The topological polar surface area (TPSA) is 40.5 Å². The molecule has 0 spiro atoms. The lowest BCUT2D eigenvalue weighted by Crippen LogP contribution is -2.55. The normalized spacial score (nSPS) is 46.7. The van der Waals surface area contributed by atoms with Gasteiger partial charge in [0.1, 0.15) is 0 Å². The van der Waals surface area contributed by atoms with Gasteiger partial charge in [0.15, 0.2) is 5.60 Å². The van der Waals surface area contributed by atoms with E-state index in [4.69, 9.17) is 0 Å². The first-order valence-corrected chi connectivity index (χ1v) is 12.8. The van der Waals surface area contributed by atoms with Crippen molar-refractivity contribution < 1.29 is 23.4 Å². The highest BCUT2D eigenvalue weighted by molar-refractivity contribution is 5.08. The summed E-state index contributed by atoms with van der Waals surface area (Å²) in [5, 5.41) is 20.5. The van der Waals surface area contributed by atoms with E-state index in [-0.39, 0.29) is 18.8 Å². The molecule has 9 atom stereocenters. The van der Waals surface area contributed by atoms with Crippen molar-refractivity contribution in [1.29, 1.82) is 0 Å². The van der Waals surface area contributed by atoms with E-state index >= 15 is 0 Å². The van der Waals surface area contributed by atoms with Gasteiger partial charge in [-0.05, 0) is 131 Å². The van der Waals surface area contributed by atoms with E-state index in [9.17, 15) is 23.4 Å². The molecule has 31 heavy (non-hydrogen) atoms. The molecule has 4 aliphatic rings. The van der Waals surface area contributed by atoms with Crippen LogP contribution in [0.4, 0.5) is 13.2 Å². The third kappa shape index (κ3) is 4.20. The van der Waals surface area contributed by atoms with E-state index in [0.29, 0.717) is 47.3 Å². The molecular weight excluding hydrogens is 401 g/mol. The van der Waals surface area contributed by atoms with E-state index in [1.165, 1.54) is 19.3 Å². The van der Waals surface area contributed by atoms with Crippen molar-refractivity contribution in [2.75, 3.05) is 0 Å². The maximum absolute atomic E-state index is 13.4. The number of alkyl halides is 3. The molecule has 0 bridgehead atoms. The molecule has 0 aromatic rings. The Morgan fingerprint density at radius 2 is 1.61 bits per heavy atom. The van der Waals surface area contributed by atoms with Gasteiger partial charge in [0, 0.05) is 0 Å². The molecule has 4 fully saturated rings. The fraction of sp³-hybridized carbons (Fsp3) is 1.00. The van der Waals surface area contributed by atoms with Crippen LogP contribution in [0.5, 0.6) is 0 Å². The van der Waals surface area contributed by atoms with Gasteiger partial charge in [0.25, 0.3) is 0 Å². The van der Waals surface area contributed by atoms with Gasteiger partial charge < -0.3 is 10.2 Å². The van der Waals surface area contributed by atoms with Crippen LogP contribution in [0.2, 0.25) is 0 Å². The van der Waals surface area contributed by atoms with Gasteiger partial charge in [-0.15, -0.1) is 0 Å². The number of aliphatic hydroxyl groups is 2. The van der Waals surface area contributed by atoms with Crippen LogP contribution < -0.4 is 0 Å². The Morgan fingerprint density at radius 1 is 0.935 bits per heavy atom. The first kappa shape index (κ1) is 23.9. The summed E-state index contributed by atoms with van der Waals surface area (Å²) in [6, 6.07) is 0. The zero-order chi connectivity index (χ0) is 22.8. The number of halogens is 3. The van der Waals surface area contributed by atoms with Gasteiger partial charge in [-0.2, -0.15) is 13.2 Å². The van der Waals surface area contributed by atoms with Crippen molar-refractivity contribution in [1.82, 2.24) is 0 Å². The molecule has 180 valence electrons. The molecule has 2 nitrogen and oxygen atoms in total. The van der Waals surface area contributed by atoms with E-state index in [0.717, 1.165) is 32.1 Å². The monoisotopic (exact) mass is 444 g/mol. The molecule has 4 rings (SSSR count). The molecule has 0 saturated heterocycles. The van der Waals surface area contributed by atoms with E-state index in [1.54, 1.807) is 0 Å². The largest absolute Gasteiger partial charge is 0.417 e. The summed E-state index contributed by atoms with van der Waals surface area (Å²) in [5.74, 6) is 3.62. The van der Waals surface area contributed by atoms with Gasteiger partial charge in [0.05, 0.1) is 5.60 Å². The quantitative estimate of drug-likeness (QED) is 0.504. The summed E-state index contributed by atoms with van der Waals surface area (Å²) in [6.45, 7) is 8.66. The molecule has 5 heteroatoms. The van der Waals surface area contributed by atoms with Crippen molar-refractivity contribution in [2.24, 2.45) is 46.8 Å². The Bertz CT molecular complexity index is 656. The Kier molecular flexibility index (Phi) is 6.07. The lowest BCUT2D eigenvalue weighted by atomic mass is 9.48. The average molecular weight is 445 g/mol. The number of hydrogen-bond donors (Lipinski definition) is 2. The molecule has 0 aromatic carbocycles. The Morgan fingerprint density at radius 3 is 2.26 bits per heavy atom. The lowest BCUT2D eigenvalue weighted by Gasteiger charge is -2.57. The van der Waals surface area contributed by atoms with Crippen LogP contribution in [0.15, 0.2) is 0 Å². The van der Waals surface area contributed by atoms with Crippen LogP contribution in [0.25, 0.3) is 0 Å². The molecule has 2 N–H and O–H groups in total. The maximum Gasteiger partial charge on any atom is 0.417 e. The van der Waals surface area contributed by atoms with E-state index in [1.807, 2.05) is 13.8 Å². The first-order chi connectivity index (χ1) is 14.3. The maximum atomic E-state index is 13.4. The molecule has 0 amide bonds. The van der Waals surface area contributed by atoms with Crippen LogP contribution >= 0.6 is 0 Å². The van der Waals surface area contributed by atoms with Gasteiger partial charge in [0.2, 0.25) is 0 Å². The molecular formula is C26H43F3O2. The highest BCUT2D eigenvalue weighted by atomic mass is 19.4. The van der Waals surface area contributed by atoms with Crippen LogP contribution in [0.1, 0.15) is 98.3 Å². The highest BCUT2D eigenvalue weighted by Gasteiger charge is 2.62. The fourth-order valence-electron chi connectivity index (χ4n) is 8.89. The van der Waals surface area contributed by atoms with Crippen LogP contribution in [0.3, 0.4) is 0 Å². The smallest absolute Gasteiger partial charge is 0.390 e. The summed E-state index contributed by atoms with van der Waals surface area (Å²) < 4.78 is 40.3. The third-order valence-corrected chi connectivity index (χ3v) is 10.5. The zero-order valence-electron chi connectivity index (χ0n) is 19.8. The minimum atomic E-state index is -4.50. The summed E-state index contributed by atoms with van der Waals surface area (Å²) in [5.41, 5.74) is -2.73. The summed E-state index contributed by atoms with van der Waals surface area (Å²) in [7, 11) is 0. The first-order valence-electron chi connectivity index (χ1n) is 12.8. The molecule has 0 radical (unpaired) electrons. The summed E-state index contributed by atoms with van der Waals surface area (Å²) in [4.78, 5) is 0. The summed E-state index contributed by atoms with van der Waals surface area (Å²) >= 11 is 0. The van der Waals surface area contributed by atoms with E-state index < -0.39 is 17.4 Å². The second kappa shape index (κ2) is 7.89. The average Bonchev–Trinajstić information content (AvgIpc) is 3.01. The number of fused-ring (bicyclic) bond motifs is 5. The molecule has 0 aromatic heterocycles. The van der Waals surface area contributed by atoms with Gasteiger partial charge in [-0.25, -0.2) is 0 Å². The van der Waals surface area contributed by atoms with Crippen molar-refractivity contribution in [3.63, 3.8) is 0 Å². The van der Waals surface area contributed by atoms with Gasteiger partial charge in [-0.3, -0.25) is 0 Å². The standard InChI is InChI=1S/C26H43F3O2/c1-16(9-12-23(2,3)30)21-7-8-22-20-6-5-17-15-25(31,26(27,28)29)14-11-18(17)19(20)10-13-24(21,22)4/h16-22,30-31H,5-15H2,1-4H3/t16-,17+,18+,19?,20?,21-,22?,24-,25-/m1/s1. The van der Waals surface area contributed by atoms with E-state index in [2.05, 4.69) is 13.8 Å². The molecule has 0 heterocycles. The molecule has 4 aliphatic carbocycles. The van der Waals surface area contributed by atoms with Gasteiger partial charge in [-0.1, -0.05) is 13.8 Å². The second-order valence-corrected chi connectivity index (χ2v) is 12.8. The minimum Gasteiger partial charge on any atom is -0.390 e. The zero-order valence-corrected chi connectivity index (χ0v) is 19.8. The summed E-state index contributed by atoms with van der Waals surface area (Å²) in [6.07, 6.45) is 4.52. The van der Waals surface area contributed by atoms with Crippen LogP contribution in [0, 0.1) is 46.8 Å². The predicted octanol–water partition coefficient (Wildman–Crippen LogP) is 6.74. The molecule has 0 aliphatic heterocycles. The Balaban J connectivity index is 1.45. The third-order valence-electron chi connectivity index (χ3n) is 10.5. The lowest BCUT2D eigenvalue weighted by molar-refractivity contribution is -0.282. The highest BCUT2D eigenvalue weighted by Crippen LogP contribution is 2.66. The van der Waals surface area contributed by atoms with Gasteiger partial charge >= 0.3 is 6.18 Å². The number of rotatable bonds is 4. The predicted molar refractivity (Wildman–Crippen MR) is 116 cm³/mol. The van der Waals surface area contributed by atoms with Crippen LogP contribution in [-0.2, 0) is 0 Å². The van der Waals surface area contributed by atoms with Crippen molar-refractivity contribution in [2.45, 2.75) is 116 Å². The van der Waals surface area contributed by atoms with Crippen LogP contribution in [-0.4, -0.2) is 27.6 Å².